The van der Waals surface area contributed by atoms with Crippen molar-refractivity contribution in [3.05, 3.63) is 0 Å². The highest BCUT2D eigenvalue weighted by molar-refractivity contribution is 5.66. The molecule has 0 aromatic heterocycles. The maximum absolute atomic E-state index is 11.6. The fourth-order valence-electron chi connectivity index (χ4n) is 10.0. The molecule has 1 aliphatic heterocycles. The van der Waals surface area contributed by atoms with Crippen LogP contribution in [-0.4, -0.2) is 23.8 Å². The molecule has 0 radical (unpaired) electrons. The topological polar surface area (TPSA) is 38.8 Å². The van der Waals surface area contributed by atoms with Crippen LogP contribution in [-0.2, 0) is 14.3 Å². The normalized spacial score (nSPS) is 49.9. The van der Waals surface area contributed by atoms with Gasteiger partial charge in [0.15, 0.2) is 0 Å². The molecule has 0 N–H and O–H groups in total. The molecule has 5 aliphatic rings. The lowest BCUT2D eigenvalue weighted by molar-refractivity contribution is -0.159. The van der Waals surface area contributed by atoms with Gasteiger partial charge in [-0.25, -0.2) is 0 Å². The number of hydrogen-bond donors (Lipinski definition) is 0. The van der Waals surface area contributed by atoms with Crippen LogP contribution in [0.5, 0.6) is 0 Å². The van der Waals surface area contributed by atoms with Crippen LogP contribution in [0.15, 0.2) is 0 Å². The second-order valence-corrected chi connectivity index (χ2v) is 14.0. The van der Waals surface area contributed by atoms with Gasteiger partial charge in [-0.1, -0.05) is 54.4 Å². The van der Waals surface area contributed by atoms with Gasteiger partial charge in [0.25, 0.3) is 0 Å². The van der Waals surface area contributed by atoms with E-state index in [-0.39, 0.29) is 23.1 Å². The Bertz CT molecular complexity index is 762. The largest absolute Gasteiger partial charge is 0.463 e. The van der Waals surface area contributed by atoms with Crippen molar-refractivity contribution >= 4 is 5.97 Å². The number of epoxide rings is 1. The van der Waals surface area contributed by atoms with Gasteiger partial charge in [0.1, 0.15) is 11.7 Å². The molecule has 3 heteroatoms. The molecule has 0 amide bonds. The average Bonchev–Trinajstić information content (AvgIpc) is 3.36. The quantitative estimate of drug-likeness (QED) is 0.307. The predicted octanol–water partition coefficient (Wildman–Crippen LogP) is 7.42. The molecule has 3 nitrogen and oxygen atoms in total. The minimum Gasteiger partial charge on any atom is -0.463 e. The summed E-state index contributed by atoms with van der Waals surface area (Å²) in [6, 6.07) is 0. The molecule has 5 rings (SSSR count). The van der Waals surface area contributed by atoms with Gasteiger partial charge in [-0.3, -0.25) is 4.79 Å². The van der Waals surface area contributed by atoms with Gasteiger partial charge >= 0.3 is 5.97 Å². The van der Waals surface area contributed by atoms with Gasteiger partial charge < -0.3 is 9.47 Å². The van der Waals surface area contributed by atoms with Crippen LogP contribution < -0.4 is 0 Å². The molecule has 4 aliphatic carbocycles. The molecule has 33 heavy (non-hydrogen) atoms. The van der Waals surface area contributed by atoms with Gasteiger partial charge in [-0.2, -0.15) is 0 Å². The Morgan fingerprint density at radius 3 is 2.42 bits per heavy atom. The molecule has 5 fully saturated rings. The first-order valence-corrected chi connectivity index (χ1v) is 14.4. The molecule has 188 valence electrons. The van der Waals surface area contributed by atoms with E-state index < -0.39 is 0 Å². The molecule has 4 saturated carbocycles. The number of carbonyl (C=O) groups excluding carboxylic acids is 1. The molecule has 11 atom stereocenters. The van der Waals surface area contributed by atoms with E-state index in [0.717, 1.165) is 48.3 Å². The molecule has 1 spiro atoms. The molecule has 0 aromatic carbocycles. The van der Waals surface area contributed by atoms with Crippen molar-refractivity contribution in [2.75, 3.05) is 0 Å². The summed E-state index contributed by atoms with van der Waals surface area (Å²) in [4.78, 5) is 11.6. The van der Waals surface area contributed by atoms with E-state index in [2.05, 4.69) is 41.5 Å². The van der Waals surface area contributed by atoms with Crippen molar-refractivity contribution in [3.63, 3.8) is 0 Å². The third-order valence-corrected chi connectivity index (χ3v) is 12.3. The Balaban J connectivity index is 1.31. The highest BCUT2D eigenvalue weighted by Crippen LogP contribution is 2.77. The first-order valence-electron chi connectivity index (χ1n) is 14.4. The first kappa shape index (κ1) is 24.1. The Morgan fingerprint density at radius 1 is 1.00 bits per heavy atom. The zero-order valence-corrected chi connectivity index (χ0v) is 22.5. The van der Waals surface area contributed by atoms with E-state index >= 15 is 0 Å². The number of rotatable bonds is 6. The summed E-state index contributed by atoms with van der Waals surface area (Å²) in [5.41, 5.74) is 0.870. The lowest BCUT2D eigenvalue weighted by Gasteiger charge is -2.59. The lowest BCUT2D eigenvalue weighted by atomic mass is 9.44. The van der Waals surface area contributed by atoms with Crippen molar-refractivity contribution in [2.45, 2.75) is 130 Å². The van der Waals surface area contributed by atoms with Crippen LogP contribution in [0.25, 0.3) is 0 Å². The van der Waals surface area contributed by atoms with Crippen molar-refractivity contribution in [1.82, 2.24) is 0 Å². The van der Waals surface area contributed by atoms with Crippen LogP contribution in [0, 0.1) is 52.3 Å². The van der Waals surface area contributed by atoms with Crippen LogP contribution in [0.2, 0.25) is 0 Å². The SMILES string of the molecule is CC(=O)OC1CCC2(C)[C@@H](CC[C@@H]3C4CCC([C@H](C)CC[C@H](C)C(C)C)C4(C)C[C@H]4O[C@@]342)C1. The number of fused-ring (bicyclic) bond motifs is 3. The fraction of sp³-hybridized carbons (Fsp3) is 0.967. The van der Waals surface area contributed by atoms with E-state index in [1.807, 2.05) is 0 Å². The van der Waals surface area contributed by atoms with Crippen LogP contribution in [0.1, 0.15) is 113 Å². The molecular formula is C30H50O3. The monoisotopic (exact) mass is 458 g/mol. The number of hydrogen-bond acceptors (Lipinski definition) is 3. The van der Waals surface area contributed by atoms with Gasteiger partial charge in [0, 0.05) is 12.3 Å². The van der Waals surface area contributed by atoms with Gasteiger partial charge in [0.05, 0.1) is 6.10 Å². The van der Waals surface area contributed by atoms with Crippen LogP contribution in [0.4, 0.5) is 0 Å². The maximum atomic E-state index is 11.6. The van der Waals surface area contributed by atoms with Gasteiger partial charge in [-0.15, -0.1) is 0 Å². The molecular weight excluding hydrogens is 408 g/mol. The van der Waals surface area contributed by atoms with Gasteiger partial charge in [0.2, 0.25) is 0 Å². The van der Waals surface area contributed by atoms with Crippen LogP contribution >= 0.6 is 0 Å². The Kier molecular flexibility index (Phi) is 6.03. The van der Waals surface area contributed by atoms with E-state index in [1.54, 1.807) is 6.92 Å². The third kappa shape index (κ3) is 3.56. The summed E-state index contributed by atoms with van der Waals surface area (Å²) < 4.78 is 12.6. The van der Waals surface area contributed by atoms with Gasteiger partial charge in [-0.05, 0) is 98.2 Å². The summed E-state index contributed by atoms with van der Waals surface area (Å²) in [5.74, 6) is 5.46. The minimum atomic E-state index is -0.113. The number of esters is 1. The smallest absolute Gasteiger partial charge is 0.302 e. The molecule has 5 unspecified atom stereocenters. The zero-order valence-electron chi connectivity index (χ0n) is 22.5. The molecule has 0 bridgehead atoms. The minimum absolute atomic E-state index is 0.113. The van der Waals surface area contributed by atoms with E-state index in [9.17, 15) is 4.79 Å². The van der Waals surface area contributed by atoms with Crippen molar-refractivity contribution in [2.24, 2.45) is 52.3 Å². The van der Waals surface area contributed by atoms with E-state index in [4.69, 9.17) is 9.47 Å². The summed E-state index contributed by atoms with van der Waals surface area (Å²) in [6.45, 7) is 16.5. The maximum Gasteiger partial charge on any atom is 0.302 e. The van der Waals surface area contributed by atoms with Crippen molar-refractivity contribution in [1.29, 1.82) is 0 Å². The second-order valence-electron chi connectivity index (χ2n) is 14.0. The average molecular weight is 459 g/mol. The highest BCUT2D eigenvalue weighted by atomic mass is 16.6. The highest BCUT2D eigenvalue weighted by Gasteiger charge is 2.79. The molecule has 0 aromatic rings. The second kappa shape index (κ2) is 8.24. The number of carbonyl (C=O) groups is 1. The van der Waals surface area contributed by atoms with Crippen molar-refractivity contribution in [3.8, 4) is 0 Å². The predicted molar refractivity (Wildman–Crippen MR) is 133 cm³/mol. The van der Waals surface area contributed by atoms with Crippen molar-refractivity contribution < 1.29 is 14.3 Å². The van der Waals surface area contributed by atoms with E-state index in [0.29, 0.717) is 17.4 Å². The number of ether oxygens (including phenoxy) is 2. The Labute approximate surface area is 203 Å². The summed E-state index contributed by atoms with van der Waals surface area (Å²) in [6.07, 6.45) is 13.4. The zero-order chi connectivity index (χ0) is 23.8. The van der Waals surface area contributed by atoms with Crippen LogP contribution in [0.3, 0.4) is 0 Å². The lowest BCUT2D eigenvalue weighted by Crippen LogP contribution is -2.60. The summed E-state index contributed by atoms with van der Waals surface area (Å²) >= 11 is 0. The summed E-state index contributed by atoms with van der Waals surface area (Å²) in [5, 5.41) is 0. The third-order valence-electron chi connectivity index (χ3n) is 12.3. The van der Waals surface area contributed by atoms with E-state index in [1.165, 1.54) is 51.4 Å². The standard InChI is InChI=1S/C30H50O3/c1-18(2)19(3)8-9-20(4)24-12-13-25-26-11-10-22-16-23(32-21(5)31)14-15-29(22,7)30(26)27(33-30)17-28(24,25)6/h18-20,22-27H,8-17H2,1-7H3/t19-,20+,22-,23?,24?,25?,26+,27+,28?,29?,30-/m0/s1. The summed E-state index contributed by atoms with van der Waals surface area (Å²) in [7, 11) is 0. The molecule has 1 saturated heterocycles. The first-order chi connectivity index (χ1) is 15.5. The Morgan fingerprint density at radius 2 is 1.73 bits per heavy atom. The Hall–Kier alpha value is -0.570. The molecule has 1 heterocycles. The fourth-order valence-corrected chi connectivity index (χ4v) is 10.0.